The Morgan fingerprint density at radius 1 is 1.38 bits per heavy atom. The zero-order chi connectivity index (χ0) is 15.1. The normalized spacial score (nSPS) is 34.5. The Morgan fingerprint density at radius 2 is 2.10 bits per heavy atom. The van der Waals surface area contributed by atoms with Crippen LogP contribution in [0.25, 0.3) is 0 Å². The molecule has 2 aliphatic heterocycles. The fourth-order valence-corrected chi connectivity index (χ4v) is 2.98. The molecule has 1 saturated heterocycles. The second-order valence-electron chi connectivity index (χ2n) is 5.77. The lowest BCUT2D eigenvalue weighted by Gasteiger charge is -2.54. The van der Waals surface area contributed by atoms with Gasteiger partial charge >= 0.3 is 5.97 Å². The smallest absolute Gasteiger partial charge is 0.344 e. The number of rotatable bonds is 4. The molecule has 1 fully saturated rings. The molecule has 0 aliphatic carbocycles. The van der Waals surface area contributed by atoms with E-state index in [9.17, 15) is 4.79 Å². The number of esters is 1. The van der Waals surface area contributed by atoms with Gasteiger partial charge in [0, 0.05) is 6.92 Å². The van der Waals surface area contributed by atoms with Crippen LogP contribution in [0.2, 0.25) is 0 Å². The Morgan fingerprint density at radius 3 is 2.71 bits per heavy atom. The number of benzene rings is 1. The monoisotopic (exact) mass is 288 g/mol. The largest absolute Gasteiger partial charge is 0.470 e. The van der Waals surface area contributed by atoms with Crippen molar-refractivity contribution in [1.29, 1.82) is 0 Å². The molecule has 0 spiro atoms. The maximum absolute atomic E-state index is 12.8. The third kappa shape index (κ3) is 1.97. The van der Waals surface area contributed by atoms with Crippen molar-refractivity contribution >= 4 is 5.97 Å². The first-order valence-corrected chi connectivity index (χ1v) is 7.34. The summed E-state index contributed by atoms with van der Waals surface area (Å²) < 4.78 is 17.0. The quantitative estimate of drug-likeness (QED) is 0.798. The van der Waals surface area contributed by atoms with Crippen LogP contribution < -0.4 is 0 Å². The van der Waals surface area contributed by atoms with E-state index in [1.165, 1.54) is 0 Å². The zero-order valence-electron chi connectivity index (χ0n) is 12.5. The molecule has 0 radical (unpaired) electrons. The molecule has 1 aromatic carbocycles. The van der Waals surface area contributed by atoms with E-state index in [2.05, 4.69) is 0 Å². The first kappa shape index (κ1) is 14.1. The molecule has 2 aliphatic rings. The van der Waals surface area contributed by atoms with E-state index < -0.39 is 11.4 Å². The molecule has 0 unspecified atom stereocenters. The van der Waals surface area contributed by atoms with Gasteiger partial charge in [-0.25, -0.2) is 4.79 Å². The van der Waals surface area contributed by atoms with Crippen LogP contribution in [0.1, 0.15) is 32.8 Å². The summed E-state index contributed by atoms with van der Waals surface area (Å²) in [7, 11) is 0. The molecule has 0 bridgehead atoms. The molecule has 4 heteroatoms. The fourth-order valence-electron chi connectivity index (χ4n) is 2.98. The van der Waals surface area contributed by atoms with Crippen molar-refractivity contribution in [2.45, 2.75) is 44.7 Å². The number of hydrogen-bond acceptors (Lipinski definition) is 4. The summed E-state index contributed by atoms with van der Waals surface area (Å²) >= 11 is 0. The summed E-state index contributed by atoms with van der Waals surface area (Å²) in [4.78, 5) is 12.8. The summed E-state index contributed by atoms with van der Waals surface area (Å²) in [6.07, 6.45) is 4.12. The van der Waals surface area contributed by atoms with Gasteiger partial charge in [0.05, 0.1) is 18.3 Å². The number of hydrogen-bond donors (Lipinski definition) is 0. The van der Waals surface area contributed by atoms with E-state index in [1.807, 2.05) is 57.2 Å². The molecular weight excluding hydrogens is 268 g/mol. The maximum Gasteiger partial charge on any atom is 0.344 e. The van der Waals surface area contributed by atoms with Gasteiger partial charge in [0.2, 0.25) is 11.4 Å². The van der Waals surface area contributed by atoms with E-state index in [0.29, 0.717) is 0 Å². The van der Waals surface area contributed by atoms with Crippen molar-refractivity contribution in [2.24, 2.45) is 5.92 Å². The van der Waals surface area contributed by atoms with Gasteiger partial charge in [0.1, 0.15) is 0 Å². The van der Waals surface area contributed by atoms with Gasteiger partial charge in [-0.3, -0.25) is 0 Å². The predicted molar refractivity (Wildman–Crippen MR) is 77.2 cm³/mol. The molecule has 0 aromatic heterocycles. The van der Waals surface area contributed by atoms with Crippen molar-refractivity contribution in [3.63, 3.8) is 0 Å². The van der Waals surface area contributed by atoms with E-state index in [0.717, 1.165) is 12.0 Å². The highest BCUT2D eigenvalue weighted by Gasteiger charge is 2.71. The first-order chi connectivity index (χ1) is 10.0. The molecule has 21 heavy (non-hydrogen) atoms. The third-order valence-corrected chi connectivity index (χ3v) is 4.33. The highest BCUT2D eigenvalue weighted by molar-refractivity contribution is 5.84. The fraction of sp³-hybridized carbons (Fsp3) is 0.471. The van der Waals surface area contributed by atoms with E-state index >= 15 is 0 Å². The standard InChI is InChI=1S/C17H20O4/c1-4-12(2)20-15(18)17(13-8-6-5-7-9-13)14-10-11-19-16(14,3)21-17/h5-12,14H,4H2,1-3H3/t12-,14-,16-,17+/m0/s1. The van der Waals surface area contributed by atoms with Crippen LogP contribution in [0, 0.1) is 5.92 Å². The molecule has 4 nitrogen and oxygen atoms in total. The predicted octanol–water partition coefficient (Wildman–Crippen LogP) is 3.13. The van der Waals surface area contributed by atoms with Crippen molar-refractivity contribution in [3.8, 4) is 0 Å². The number of ether oxygens (including phenoxy) is 3. The Kier molecular flexibility index (Phi) is 3.29. The first-order valence-electron chi connectivity index (χ1n) is 7.34. The highest BCUT2D eigenvalue weighted by Crippen LogP contribution is 2.58. The molecule has 0 amide bonds. The third-order valence-electron chi connectivity index (χ3n) is 4.33. The summed E-state index contributed by atoms with van der Waals surface area (Å²) in [6, 6.07) is 9.49. The van der Waals surface area contributed by atoms with Crippen molar-refractivity contribution in [2.75, 3.05) is 0 Å². The summed E-state index contributed by atoms with van der Waals surface area (Å²) in [5, 5.41) is 0. The van der Waals surface area contributed by atoms with Crippen LogP contribution >= 0.6 is 0 Å². The van der Waals surface area contributed by atoms with Gasteiger partial charge in [-0.1, -0.05) is 37.3 Å². The lowest BCUT2D eigenvalue weighted by atomic mass is 9.71. The Labute approximate surface area is 124 Å². The number of fused-ring (bicyclic) bond motifs is 1. The SMILES string of the molecule is CC[C@H](C)OC(=O)[C@]1(c2ccccc2)O[C@]2(C)OC=C[C@@H]21. The van der Waals surface area contributed by atoms with Gasteiger partial charge < -0.3 is 14.2 Å². The van der Waals surface area contributed by atoms with E-state index in [4.69, 9.17) is 14.2 Å². The van der Waals surface area contributed by atoms with Crippen LogP contribution in [0.3, 0.4) is 0 Å². The van der Waals surface area contributed by atoms with Gasteiger partial charge in [-0.2, -0.15) is 0 Å². The van der Waals surface area contributed by atoms with Crippen LogP contribution in [0.15, 0.2) is 42.7 Å². The van der Waals surface area contributed by atoms with Crippen LogP contribution in [0.5, 0.6) is 0 Å². The molecule has 0 N–H and O–H groups in total. The van der Waals surface area contributed by atoms with Crippen molar-refractivity contribution in [3.05, 3.63) is 48.2 Å². The molecule has 2 heterocycles. The second-order valence-corrected chi connectivity index (χ2v) is 5.77. The van der Waals surface area contributed by atoms with Gasteiger partial charge in [0.15, 0.2) is 0 Å². The number of carbonyl (C=O) groups excluding carboxylic acids is 1. The topological polar surface area (TPSA) is 44.8 Å². The minimum atomic E-state index is -1.10. The minimum absolute atomic E-state index is 0.139. The Bertz CT molecular complexity index is 567. The van der Waals surface area contributed by atoms with Crippen molar-refractivity contribution < 1.29 is 19.0 Å². The molecule has 4 atom stereocenters. The molecule has 1 aromatic rings. The van der Waals surface area contributed by atoms with E-state index in [1.54, 1.807) is 6.26 Å². The van der Waals surface area contributed by atoms with Crippen LogP contribution in [-0.2, 0) is 24.6 Å². The van der Waals surface area contributed by atoms with E-state index in [-0.39, 0.29) is 18.0 Å². The van der Waals surface area contributed by atoms with Crippen LogP contribution in [-0.4, -0.2) is 17.9 Å². The minimum Gasteiger partial charge on any atom is -0.470 e. The molecule has 112 valence electrons. The number of carbonyl (C=O) groups is 1. The van der Waals surface area contributed by atoms with Crippen LogP contribution in [0.4, 0.5) is 0 Å². The lowest BCUT2D eigenvalue weighted by molar-refractivity contribution is -0.378. The van der Waals surface area contributed by atoms with Gasteiger partial charge in [-0.05, 0) is 25.0 Å². The Hall–Kier alpha value is -1.81. The second kappa shape index (κ2) is 4.88. The molecular formula is C17H20O4. The van der Waals surface area contributed by atoms with Crippen molar-refractivity contribution in [1.82, 2.24) is 0 Å². The highest BCUT2D eigenvalue weighted by atomic mass is 16.7. The maximum atomic E-state index is 12.8. The summed E-state index contributed by atoms with van der Waals surface area (Å²) in [6.45, 7) is 5.71. The average Bonchev–Trinajstić information content (AvgIpc) is 2.78. The average molecular weight is 288 g/mol. The summed E-state index contributed by atoms with van der Waals surface area (Å²) in [5.74, 6) is -1.30. The van der Waals surface area contributed by atoms with Gasteiger partial charge in [-0.15, -0.1) is 0 Å². The lowest BCUT2D eigenvalue weighted by Crippen LogP contribution is -2.67. The zero-order valence-corrected chi connectivity index (χ0v) is 12.5. The Balaban J connectivity index is 1.98. The van der Waals surface area contributed by atoms with Gasteiger partial charge in [0.25, 0.3) is 0 Å². The molecule has 3 rings (SSSR count). The summed E-state index contributed by atoms with van der Waals surface area (Å²) in [5.41, 5.74) is -0.303. The molecule has 0 saturated carbocycles.